The van der Waals surface area contributed by atoms with Gasteiger partial charge in [-0.05, 0) is 33.6 Å². The third-order valence-electron chi connectivity index (χ3n) is 3.17. The number of nitrogens with one attached hydrogen (secondary N) is 1. The van der Waals surface area contributed by atoms with Gasteiger partial charge in [-0.1, -0.05) is 0 Å². The Labute approximate surface area is 98.3 Å². The number of hydrogen-bond donors (Lipinski definition) is 1. The first-order valence-corrected chi connectivity index (χ1v) is 6.03. The number of rotatable bonds is 5. The number of amides is 1. The lowest BCUT2D eigenvalue weighted by molar-refractivity contribution is -0.132. The maximum absolute atomic E-state index is 12.0. The van der Waals surface area contributed by atoms with E-state index in [4.69, 9.17) is 4.74 Å². The fourth-order valence-corrected chi connectivity index (χ4v) is 1.77. The molecule has 1 amide bonds. The van der Waals surface area contributed by atoms with Crippen molar-refractivity contribution in [3.05, 3.63) is 0 Å². The van der Waals surface area contributed by atoms with Gasteiger partial charge in [0.1, 0.15) is 0 Å². The van der Waals surface area contributed by atoms with Gasteiger partial charge in [0.2, 0.25) is 5.91 Å². The van der Waals surface area contributed by atoms with Crippen LogP contribution in [0.4, 0.5) is 0 Å². The van der Waals surface area contributed by atoms with E-state index < -0.39 is 0 Å². The molecule has 1 N–H and O–H groups in total. The number of methoxy groups -OCH3 is 1. The van der Waals surface area contributed by atoms with Gasteiger partial charge in [-0.15, -0.1) is 0 Å². The van der Waals surface area contributed by atoms with Gasteiger partial charge in [0.25, 0.3) is 0 Å². The first-order valence-electron chi connectivity index (χ1n) is 6.03. The molecule has 0 aromatic carbocycles. The van der Waals surface area contributed by atoms with Crippen LogP contribution in [0.5, 0.6) is 0 Å². The third-order valence-corrected chi connectivity index (χ3v) is 3.17. The highest BCUT2D eigenvalue weighted by Crippen LogP contribution is 2.10. The Bertz CT molecular complexity index is 235. The Morgan fingerprint density at radius 3 is 2.50 bits per heavy atom. The molecule has 1 heterocycles. The quantitative estimate of drug-likeness (QED) is 0.763. The molecular weight excluding hydrogens is 204 g/mol. The number of carbonyl (C=O) groups is 1. The van der Waals surface area contributed by atoms with Crippen LogP contribution in [0.25, 0.3) is 0 Å². The molecule has 0 aliphatic carbocycles. The van der Waals surface area contributed by atoms with Crippen LogP contribution in [0.3, 0.4) is 0 Å². The van der Waals surface area contributed by atoms with Crippen LogP contribution >= 0.6 is 0 Å². The lowest BCUT2D eigenvalue weighted by Gasteiger charge is -2.27. The second kappa shape index (κ2) is 5.64. The molecule has 1 aliphatic heterocycles. The van der Waals surface area contributed by atoms with E-state index >= 15 is 0 Å². The lowest BCUT2D eigenvalue weighted by Crippen LogP contribution is -2.48. The van der Waals surface area contributed by atoms with E-state index in [9.17, 15) is 4.79 Å². The van der Waals surface area contributed by atoms with E-state index in [1.54, 1.807) is 7.11 Å². The van der Waals surface area contributed by atoms with E-state index in [2.05, 4.69) is 5.32 Å². The number of hydrogen-bond acceptors (Lipinski definition) is 3. The number of carbonyl (C=O) groups excluding carboxylic acids is 1. The summed E-state index contributed by atoms with van der Waals surface area (Å²) in [6, 6.07) is -0.118. The monoisotopic (exact) mass is 228 g/mol. The van der Waals surface area contributed by atoms with Gasteiger partial charge in [-0.3, -0.25) is 4.79 Å². The highest BCUT2D eigenvalue weighted by atomic mass is 16.5. The highest BCUT2D eigenvalue weighted by molar-refractivity contribution is 5.81. The number of nitrogens with zero attached hydrogens (tertiary/aromatic N) is 1. The standard InChI is InChI=1S/C12H24N2O2/c1-10(13-9-12(2,3)16-4)11(15)14-7-5-6-8-14/h10,13H,5-9H2,1-4H3. The number of ether oxygens (including phenoxy) is 1. The highest BCUT2D eigenvalue weighted by Gasteiger charge is 2.25. The molecule has 0 saturated carbocycles. The molecule has 94 valence electrons. The summed E-state index contributed by atoms with van der Waals surface area (Å²) in [5.41, 5.74) is -0.223. The zero-order valence-electron chi connectivity index (χ0n) is 10.9. The van der Waals surface area contributed by atoms with Gasteiger partial charge in [0.05, 0.1) is 11.6 Å². The molecule has 1 fully saturated rings. The van der Waals surface area contributed by atoms with E-state index in [0.29, 0.717) is 6.54 Å². The molecule has 16 heavy (non-hydrogen) atoms. The fourth-order valence-electron chi connectivity index (χ4n) is 1.77. The zero-order chi connectivity index (χ0) is 12.2. The maximum Gasteiger partial charge on any atom is 0.239 e. The van der Waals surface area contributed by atoms with E-state index in [1.165, 1.54) is 0 Å². The molecule has 0 aromatic rings. The van der Waals surface area contributed by atoms with Crippen molar-refractivity contribution in [2.75, 3.05) is 26.7 Å². The Kier molecular flexibility index (Phi) is 4.74. The minimum Gasteiger partial charge on any atom is -0.377 e. The average Bonchev–Trinajstić information content (AvgIpc) is 2.78. The number of likely N-dealkylation sites (tertiary alicyclic amines) is 1. The summed E-state index contributed by atoms with van der Waals surface area (Å²) in [6.45, 7) is 8.45. The molecule has 0 bridgehead atoms. The summed E-state index contributed by atoms with van der Waals surface area (Å²) in [4.78, 5) is 13.9. The van der Waals surface area contributed by atoms with Gasteiger partial charge < -0.3 is 15.0 Å². The second-order valence-electron chi connectivity index (χ2n) is 5.10. The van der Waals surface area contributed by atoms with Crippen molar-refractivity contribution in [1.29, 1.82) is 0 Å². The van der Waals surface area contributed by atoms with Gasteiger partial charge in [-0.2, -0.15) is 0 Å². The van der Waals surface area contributed by atoms with Crippen molar-refractivity contribution in [3.63, 3.8) is 0 Å². The van der Waals surface area contributed by atoms with Crippen molar-refractivity contribution in [1.82, 2.24) is 10.2 Å². The van der Waals surface area contributed by atoms with E-state index in [1.807, 2.05) is 25.7 Å². The topological polar surface area (TPSA) is 41.6 Å². The van der Waals surface area contributed by atoms with Gasteiger partial charge in [0, 0.05) is 26.7 Å². The third kappa shape index (κ3) is 3.76. The van der Waals surface area contributed by atoms with Crippen LogP contribution in [-0.4, -0.2) is 49.2 Å². The van der Waals surface area contributed by atoms with Gasteiger partial charge in [0.15, 0.2) is 0 Å². The lowest BCUT2D eigenvalue weighted by atomic mass is 10.1. The SMILES string of the molecule is COC(C)(C)CNC(C)C(=O)N1CCCC1. The predicted molar refractivity (Wildman–Crippen MR) is 64.4 cm³/mol. The van der Waals surface area contributed by atoms with Crippen molar-refractivity contribution in [2.45, 2.75) is 45.3 Å². The van der Waals surface area contributed by atoms with Crippen LogP contribution < -0.4 is 5.32 Å². The van der Waals surface area contributed by atoms with Crippen LogP contribution in [-0.2, 0) is 9.53 Å². The molecule has 4 nitrogen and oxygen atoms in total. The molecular formula is C12H24N2O2. The van der Waals surface area contributed by atoms with Crippen molar-refractivity contribution >= 4 is 5.91 Å². The zero-order valence-corrected chi connectivity index (χ0v) is 10.9. The van der Waals surface area contributed by atoms with Crippen LogP contribution in [0, 0.1) is 0 Å². The summed E-state index contributed by atoms with van der Waals surface area (Å²) in [5.74, 6) is 0.212. The summed E-state index contributed by atoms with van der Waals surface area (Å²) in [6.07, 6.45) is 2.28. The smallest absolute Gasteiger partial charge is 0.239 e. The molecule has 4 heteroatoms. The van der Waals surface area contributed by atoms with Gasteiger partial charge in [-0.25, -0.2) is 0 Å². The van der Waals surface area contributed by atoms with Crippen LogP contribution in [0.2, 0.25) is 0 Å². The van der Waals surface area contributed by atoms with Crippen molar-refractivity contribution in [3.8, 4) is 0 Å². The summed E-state index contributed by atoms with van der Waals surface area (Å²) < 4.78 is 5.31. The van der Waals surface area contributed by atoms with E-state index in [-0.39, 0.29) is 17.6 Å². The molecule has 0 spiro atoms. The molecule has 1 aliphatic rings. The first kappa shape index (κ1) is 13.5. The molecule has 1 atom stereocenters. The Morgan fingerprint density at radius 2 is 2.00 bits per heavy atom. The largest absolute Gasteiger partial charge is 0.377 e. The van der Waals surface area contributed by atoms with E-state index in [0.717, 1.165) is 25.9 Å². The van der Waals surface area contributed by atoms with Crippen LogP contribution in [0.15, 0.2) is 0 Å². The molecule has 1 rings (SSSR count). The minimum absolute atomic E-state index is 0.118. The fraction of sp³-hybridized carbons (Fsp3) is 0.917. The second-order valence-corrected chi connectivity index (χ2v) is 5.10. The van der Waals surface area contributed by atoms with Crippen molar-refractivity contribution < 1.29 is 9.53 Å². The summed E-state index contributed by atoms with van der Waals surface area (Å²) in [5, 5.41) is 3.23. The Balaban J connectivity index is 2.34. The maximum atomic E-state index is 12.0. The first-order chi connectivity index (χ1) is 7.46. The summed E-state index contributed by atoms with van der Waals surface area (Å²) in [7, 11) is 1.69. The average molecular weight is 228 g/mol. The minimum atomic E-state index is -0.223. The molecule has 1 saturated heterocycles. The Morgan fingerprint density at radius 1 is 1.44 bits per heavy atom. The van der Waals surface area contributed by atoms with Crippen molar-refractivity contribution in [2.24, 2.45) is 0 Å². The molecule has 1 unspecified atom stereocenters. The van der Waals surface area contributed by atoms with Gasteiger partial charge >= 0.3 is 0 Å². The molecule has 0 aromatic heterocycles. The Hall–Kier alpha value is -0.610. The van der Waals surface area contributed by atoms with Crippen LogP contribution in [0.1, 0.15) is 33.6 Å². The predicted octanol–water partition coefficient (Wildman–Crippen LogP) is 1.01. The molecule has 0 radical (unpaired) electrons. The summed E-state index contributed by atoms with van der Waals surface area (Å²) >= 11 is 0. The normalized spacial score (nSPS) is 18.9.